The van der Waals surface area contributed by atoms with Crippen molar-refractivity contribution in [2.75, 3.05) is 0 Å². The minimum atomic E-state index is 1.20. The van der Waals surface area contributed by atoms with Crippen LogP contribution in [0.2, 0.25) is 0 Å². The molecule has 0 saturated heterocycles. The van der Waals surface area contributed by atoms with Gasteiger partial charge in [0.1, 0.15) is 0 Å². The highest BCUT2D eigenvalue weighted by atomic mass is 15.1. The van der Waals surface area contributed by atoms with Crippen molar-refractivity contribution in [2.24, 2.45) is 0 Å². The number of nitrogens with one attached hydrogen (secondary N) is 2. The highest BCUT2D eigenvalue weighted by Gasteiger charge is 2.10. The first-order valence-electron chi connectivity index (χ1n) is 4.41. The monoisotopic (exact) mass is 176 g/mol. The normalized spacial score (nSPS) is 13.2. The second-order valence-electron chi connectivity index (χ2n) is 2.99. The van der Waals surface area contributed by atoms with Gasteiger partial charge in [-0.1, -0.05) is 0 Å². The van der Waals surface area contributed by atoms with Crippen LogP contribution in [0.3, 0.4) is 0 Å². The van der Waals surface area contributed by atoms with Crippen LogP contribution >= 0.6 is 0 Å². The van der Waals surface area contributed by atoms with E-state index in [0.717, 1.165) is 0 Å². The largest absolute Gasteiger partial charge is 0.286 e. The summed E-state index contributed by atoms with van der Waals surface area (Å²) in [5.74, 6) is 0. The standard InChI is InChI=1S/C6H8N2.C3H4N2/c1-2-5-4-7-8-6(5)3-1;1-2-4-5-3-1/h4H,1-3H2,(H,7,8);1-3H,(H,4,5). The zero-order valence-electron chi connectivity index (χ0n) is 7.33. The molecule has 2 heterocycles. The Hall–Kier alpha value is -1.58. The molecule has 0 saturated carbocycles. The van der Waals surface area contributed by atoms with Gasteiger partial charge in [-0.05, 0) is 30.9 Å². The van der Waals surface area contributed by atoms with Gasteiger partial charge in [-0.3, -0.25) is 10.2 Å². The smallest absolute Gasteiger partial charge is 0.0522 e. The fourth-order valence-corrected chi connectivity index (χ4v) is 1.44. The summed E-state index contributed by atoms with van der Waals surface area (Å²) < 4.78 is 0. The van der Waals surface area contributed by atoms with Crippen molar-refractivity contribution in [1.29, 1.82) is 0 Å². The molecule has 1 aliphatic carbocycles. The van der Waals surface area contributed by atoms with E-state index in [1.54, 1.807) is 12.4 Å². The number of aromatic nitrogens is 4. The Balaban J connectivity index is 0.000000113. The van der Waals surface area contributed by atoms with E-state index in [1.165, 1.54) is 30.5 Å². The summed E-state index contributed by atoms with van der Waals surface area (Å²) in [6, 6.07) is 1.83. The first kappa shape index (κ1) is 8.04. The highest BCUT2D eigenvalue weighted by molar-refractivity contribution is 5.20. The third kappa shape index (κ3) is 1.96. The maximum absolute atomic E-state index is 3.92. The van der Waals surface area contributed by atoms with Gasteiger partial charge in [0.05, 0.1) is 6.20 Å². The second-order valence-corrected chi connectivity index (χ2v) is 2.99. The van der Waals surface area contributed by atoms with Crippen molar-refractivity contribution in [3.05, 3.63) is 35.9 Å². The van der Waals surface area contributed by atoms with E-state index in [-0.39, 0.29) is 0 Å². The molecule has 13 heavy (non-hydrogen) atoms. The van der Waals surface area contributed by atoms with Crippen LogP contribution in [-0.4, -0.2) is 20.4 Å². The Kier molecular flexibility index (Phi) is 2.40. The molecule has 4 nitrogen and oxygen atoms in total. The molecule has 0 amide bonds. The summed E-state index contributed by atoms with van der Waals surface area (Å²) in [6.45, 7) is 0. The van der Waals surface area contributed by atoms with Gasteiger partial charge in [-0.2, -0.15) is 10.2 Å². The van der Waals surface area contributed by atoms with Crippen LogP contribution in [0, 0.1) is 0 Å². The average molecular weight is 176 g/mol. The summed E-state index contributed by atoms with van der Waals surface area (Å²) in [6.07, 6.45) is 9.13. The van der Waals surface area contributed by atoms with Crippen molar-refractivity contribution in [2.45, 2.75) is 19.3 Å². The van der Waals surface area contributed by atoms with Gasteiger partial charge < -0.3 is 0 Å². The number of rotatable bonds is 0. The molecule has 0 spiro atoms. The minimum Gasteiger partial charge on any atom is -0.286 e. The van der Waals surface area contributed by atoms with Crippen LogP contribution in [0.25, 0.3) is 0 Å². The zero-order valence-corrected chi connectivity index (χ0v) is 7.33. The van der Waals surface area contributed by atoms with Crippen molar-refractivity contribution in [3.63, 3.8) is 0 Å². The first-order chi connectivity index (χ1) is 6.47. The molecular formula is C9H12N4. The lowest BCUT2D eigenvalue weighted by molar-refractivity contribution is 0.864. The molecule has 0 atom stereocenters. The van der Waals surface area contributed by atoms with Crippen molar-refractivity contribution >= 4 is 0 Å². The van der Waals surface area contributed by atoms with Crippen molar-refractivity contribution < 1.29 is 0 Å². The molecule has 2 aromatic rings. The van der Waals surface area contributed by atoms with Crippen molar-refractivity contribution in [1.82, 2.24) is 20.4 Å². The molecule has 2 aromatic heterocycles. The van der Waals surface area contributed by atoms with Gasteiger partial charge in [0.25, 0.3) is 0 Å². The number of H-pyrrole nitrogens is 2. The molecule has 0 bridgehead atoms. The van der Waals surface area contributed by atoms with Gasteiger partial charge in [-0.25, -0.2) is 0 Å². The number of aromatic amines is 2. The Labute approximate surface area is 76.4 Å². The summed E-state index contributed by atoms with van der Waals surface area (Å²) in [7, 11) is 0. The molecule has 1 aliphatic rings. The van der Waals surface area contributed by atoms with Gasteiger partial charge >= 0.3 is 0 Å². The highest BCUT2D eigenvalue weighted by Crippen LogP contribution is 2.17. The predicted octanol–water partition coefficient (Wildman–Crippen LogP) is 1.31. The van der Waals surface area contributed by atoms with Gasteiger partial charge in [0.2, 0.25) is 0 Å². The molecule has 0 radical (unpaired) electrons. The van der Waals surface area contributed by atoms with Crippen LogP contribution in [-0.2, 0) is 12.8 Å². The number of hydrogen-bond donors (Lipinski definition) is 2. The number of hydrogen-bond acceptors (Lipinski definition) is 2. The van der Waals surface area contributed by atoms with E-state index >= 15 is 0 Å². The van der Waals surface area contributed by atoms with Gasteiger partial charge in [0, 0.05) is 18.1 Å². The molecule has 0 aromatic carbocycles. The Bertz CT molecular complexity index is 300. The lowest BCUT2D eigenvalue weighted by Gasteiger charge is -1.79. The van der Waals surface area contributed by atoms with Gasteiger partial charge in [0.15, 0.2) is 0 Å². The van der Waals surface area contributed by atoms with Crippen LogP contribution in [0.1, 0.15) is 17.7 Å². The molecular weight excluding hydrogens is 164 g/mol. The Morgan fingerprint density at radius 1 is 1.23 bits per heavy atom. The average Bonchev–Trinajstić information content (AvgIpc) is 2.84. The molecule has 0 fully saturated rings. The molecule has 2 N–H and O–H groups in total. The second kappa shape index (κ2) is 3.89. The van der Waals surface area contributed by atoms with E-state index in [4.69, 9.17) is 0 Å². The lowest BCUT2D eigenvalue weighted by atomic mass is 10.3. The van der Waals surface area contributed by atoms with Crippen molar-refractivity contribution in [3.8, 4) is 0 Å². The molecule has 3 rings (SSSR count). The van der Waals surface area contributed by atoms with Crippen LogP contribution in [0.5, 0.6) is 0 Å². The maximum atomic E-state index is 3.92. The first-order valence-corrected chi connectivity index (χ1v) is 4.41. The zero-order chi connectivity index (χ0) is 8.93. The van der Waals surface area contributed by atoms with E-state index < -0.39 is 0 Å². The number of fused-ring (bicyclic) bond motifs is 1. The summed E-state index contributed by atoms with van der Waals surface area (Å²) >= 11 is 0. The fraction of sp³-hybridized carbons (Fsp3) is 0.333. The summed E-state index contributed by atoms with van der Waals surface area (Å²) in [5, 5.41) is 13.1. The van der Waals surface area contributed by atoms with Crippen LogP contribution in [0.4, 0.5) is 0 Å². The quantitative estimate of drug-likeness (QED) is 0.635. The van der Waals surface area contributed by atoms with Gasteiger partial charge in [-0.15, -0.1) is 0 Å². The third-order valence-electron chi connectivity index (χ3n) is 2.09. The fourth-order valence-electron chi connectivity index (χ4n) is 1.44. The number of aryl methyl sites for hydroxylation is 2. The SMILES string of the molecule is c1cn[nH]c1.c1n[nH]c2c1CCC2. The maximum Gasteiger partial charge on any atom is 0.0522 e. The third-order valence-corrected chi connectivity index (χ3v) is 2.09. The molecule has 0 unspecified atom stereocenters. The molecule has 4 heteroatoms. The van der Waals surface area contributed by atoms with E-state index in [0.29, 0.717) is 0 Å². The topological polar surface area (TPSA) is 57.4 Å². The van der Waals surface area contributed by atoms with Crippen LogP contribution < -0.4 is 0 Å². The lowest BCUT2D eigenvalue weighted by Crippen LogP contribution is -1.76. The van der Waals surface area contributed by atoms with E-state index in [2.05, 4.69) is 20.4 Å². The summed E-state index contributed by atoms with van der Waals surface area (Å²) in [5.41, 5.74) is 2.77. The predicted molar refractivity (Wildman–Crippen MR) is 49.2 cm³/mol. The molecule has 68 valence electrons. The van der Waals surface area contributed by atoms with Crippen LogP contribution in [0.15, 0.2) is 24.7 Å². The van der Waals surface area contributed by atoms with E-state index in [1.807, 2.05) is 12.3 Å². The summed E-state index contributed by atoms with van der Waals surface area (Å²) in [4.78, 5) is 0. The number of nitrogens with zero attached hydrogens (tertiary/aromatic N) is 2. The Morgan fingerprint density at radius 3 is 2.85 bits per heavy atom. The minimum absolute atomic E-state index is 1.20. The molecule has 0 aliphatic heterocycles. The Morgan fingerprint density at radius 2 is 2.23 bits per heavy atom. The van der Waals surface area contributed by atoms with E-state index in [9.17, 15) is 0 Å².